The highest BCUT2D eigenvalue weighted by Gasteiger charge is 2.13. The lowest BCUT2D eigenvalue weighted by molar-refractivity contribution is 0.0955. The SMILES string of the molecule is CCCNC(=O)c1c[nH]c2ncc(Cl)nc12. The fourth-order valence-electron chi connectivity index (χ4n) is 1.38. The first-order chi connectivity index (χ1) is 7.72. The zero-order chi connectivity index (χ0) is 11.5. The molecule has 16 heavy (non-hydrogen) atoms. The summed E-state index contributed by atoms with van der Waals surface area (Å²) >= 11 is 5.74. The van der Waals surface area contributed by atoms with Gasteiger partial charge in [0.15, 0.2) is 5.65 Å². The Hall–Kier alpha value is -1.62. The van der Waals surface area contributed by atoms with E-state index < -0.39 is 0 Å². The largest absolute Gasteiger partial charge is 0.352 e. The van der Waals surface area contributed by atoms with Crippen LogP contribution in [0.2, 0.25) is 5.15 Å². The normalized spacial score (nSPS) is 10.6. The molecule has 0 aromatic carbocycles. The highest BCUT2D eigenvalue weighted by Crippen LogP contribution is 2.15. The first kappa shape index (κ1) is 10.9. The van der Waals surface area contributed by atoms with Crippen LogP contribution in [-0.2, 0) is 0 Å². The van der Waals surface area contributed by atoms with Gasteiger partial charge in [0.05, 0.1) is 11.8 Å². The number of hydrogen-bond acceptors (Lipinski definition) is 3. The van der Waals surface area contributed by atoms with Gasteiger partial charge in [0.1, 0.15) is 10.7 Å². The summed E-state index contributed by atoms with van der Waals surface area (Å²) in [5.74, 6) is -0.162. The van der Waals surface area contributed by atoms with Gasteiger partial charge in [-0.2, -0.15) is 0 Å². The summed E-state index contributed by atoms with van der Waals surface area (Å²) in [4.78, 5) is 22.7. The number of nitrogens with one attached hydrogen (secondary N) is 2. The Bertz CT molecular complexity index is 523. The quantitative estimate of drug-likeness (QED) is 0.856. The Morgan fingerprint density at radius 2 is 2.44 bits per heavy atom. The molecule has 0 aliphatic heterocycles. The van der Waals surface area contributed by atoms with E-state index in [0.717, 1.165) is 6.42 Å². The number of hydrogen-bond donors (Lipinski definition) is 2. The van der Waals surface area contributed by atoms with Gasteiger partial charge >= 0.3 is 0 Å². The highest BCUT2D eigenvalue weighted by atomic mass is 35.5. The molecule has 1 amide bonds. The number of aromatic amines is 1. The molecule has 2 N–H and O–H groups in total. The molecule has 0 spiro atoms. The van der Waals surface area contributed by atoms with Crippen LogP contribution in [0.5, 0.6) is 0 Å². The molecule has 2 heterocycles. The van der Waals surface area contributed by atoms with Crippen molar-refractivity contribution in [3.05, 3.63) is 23.1 Å². The third-order valence-electron chi connectivity index (χ3n) is 2.13. The summed E-state index contributed by atoms with van der Waals surface area (Å²) in [6.45, 7) is 2.63. The maximum absolute atomic E-state index is 11.7. The van der Waals surface area contributed by atoms with E-state index in [-0.39, 0.29) is 11.1 Å². The van der Waals surface area contributed by atoms with Crippen molar-refractivity contribution in [1.82, 2.24) is 20.3 Å². The molecule has 0 atom stereocenters. The molecular weight excluding hydrogens is 228 g/mol. The summed E-state index contributed by atoms with van der Waals surface area (Å²) < 4.78 is 0. The molecule has 2 aromatic heterocycles. The van der Waals surface area contributed by atoms with Gasteiger partial charge in [-0.25, -0.2) is 9.97 Å². The summed E-state index contributed by atoms with van der Waals surface area (Å²) in [7, 11) is 0. The van der Waals surface area contributed by atoms with Crippen molar-refractivity contribution in [1.29, 1.82) is 0 Å². The second-order valence-electron chi connectivity index (χ2n) is 3.35. The van der Waals surface area contributed by atoms with E-state index >= 15 is 0 Å². The number of fused-ring (bicyclic) bond motifs is 1. The monoisotopic (exact) mass is 238 g/mol. The topological polar surface area (TPSA) is 70.7 Å². The molecule has 5 nitrogen and oxygen atoms in total. The van der Waals surface area contributed by atoms with E-state index in [1.54, 1.807) is 6.20 Å². The predicted octanol–water partition coefficient (Wildman–Crippen LogP) is 1.75. The summed E-state index contributed by atoms with van der Waals surface area (Å²) in [6.07, 6.45) is 3.92. The van der Waals surface area contributed by atoms with E-state index in [4.69, 9.17) is 11.6 Å². The van der Waals surface area contributed by atoms with Gasteiger partial charge in [0, 0.05) is 12.7 Å². The first-order valence-electron chi connectivity index (χ1n) is 5.00. The third-order valence-corrected chi connectivity index (χ3v) is 2.31. The molecule has 0 saturated heterocycles. The molecule has 84 valence electrons. The highest BCUT2D eigenvalue weighted by molar-refractivity contribution is 6.29. The Morgan fingerprint density at radius 3 is 3.19 bits per heavy atom. The van der Waals surface area contributed by atoms with E-state index in [1.807, 2.05) is 6.92 Å². The molecule has 2 aromatic rings. The van der Waals surface area contributed by atoms with Gasteiger partial charge in [0.2, 0.25) is 0 Å². The summed E-state index contributed by atoms with van der Waals surface area (Å²) in [5, 5.41) is 3.05. The molecule has 0 aliphatic carbocycles. The van der Waals surface area contributed by atoms with Gasteiger partial charge in [-0.3, -0.25) is 4.79 Å². The number of H-pyrrole nitrogens is 1. The van der Waals surface area contributed by atoms with E-state index in [0.29, 0.717) is 23.3 Å². The van der Waals surface area contributed by atoms with Crippen molar-refractivity contribution in [2.24, 2.45) is 0 Å². The smallest absolute Gasteiger partial charge is 0.255 e. The number of amides is 1. The maximum atomic E-state index is 11.7. The Morgan fingerprint density at radius 1 is 1.62 bits per heavy atom. The minimum atomic E-state index is -0.162. The van der Waals surface area contributed by atoms with Crippen molar-refractivity contribution < 1.29 is 4.79 Å². The van der Waals surface area contributed by atoms with Crippen LogP contribution in [0.3, 0.4) is 0 Å². The zero-order valence-corrected chi connectivity index (χ0v) is 9.51. The number of nitrogens with zero attached hydrogens (tertiary/aromatic N) is 2. The fourth-order valence-corrected chi connectivity index (χ4v) is 1.51. The van der Waals surface area contributed by atoms with Gasteiger partial charge in [-0.15, -0.1) is 0 Å². The predicted molar refractivity (Wildman–Crippen MR) is 61.5 cm³/mol. The summed E-state index contributed by atoms with van der Waals surface area (Å²) in [6, 6.07) is 0. The minimum Gasteiger partial charge on any atom is -0.352 e. The van der Waals surface area contributed by atoms with Crippen LogP contribution >= 0.6 is 11.6 Å². The lowest BCUT2D eigenvalue weighted by Crippen LogP contribution is -2.23. The van der Waals surface area contributed by atoms with Gasteiger partial charge in [0.25, 0.3) is 5.91 Å². The minimum absolute atomic E-state index is 0.162. The van der Waals surface area contributed by atoms with Crippen LogP contribution in [-0.4, -0.2) is 27.4 Å². The summed E-state index contributed by atoms with van der Waals surface area (Å²) in [5.41, 5.74) is 1.53. The fraction of sp³-hybridized carbons (Fsp3) is 0.300. The van der Waals surface area contributed by atoms with Crippen molar-refractivity contribution in [2.45, 2.75) is 13.3 Å². The van der Waals surface area contributed by atoms with Gasteiger partial charge in [-0.1, -0.05) is 18.5 Å². The Labute approximate surface area is 97.2 Å². The molecule has 0 saturated carbocycles. The van der Waals surface area contributed by atoms with Crippen LogP contribution in [0, 0.1) is 0 Å². The molecule has 0 bridgehead atoms. The molecular formula is C10H11ClN4O. The van der Waals surface area contributed by atoms with Crippen molar-refractivity contribution in [3.63, 3.8) is 0 Å². The lowest BCUT2D eigenvalue weighted by atomic mass is 10.3. The van der Waals surface area contributed by atoms with E-state index in [1.165, 1.54) is 6.20 Å². The van der Waals surface area contributed by atoms with Crippen molar-refractivity contribution in [2.75, 3.05) is 6.54 Å². The number of carbonyl (C=O) groups excluding carboxylic acids is 1. The first-order valence-corrected chi connectivity index (χ1v) is 5.38. The molecule has 0 aliphatic rings. The van der Waals surface area contributed by atoms with Crippen molar-refractivity contribution in [3.8, 4) is 0 Å². The van der Waals surface area contributed by atoms with Gasteiger partial charge in [-0.05, 0) is 6.42 Å². The number of rotatable bonds is 3. The van der Waals surface area contributed by atoms with E-state index in [2.05, 4.69) is 20.3 Å². The third kappa shape index (κ3) is 1.99. The van der Waals surface area contributed by atoms with Crippen LogP contribution in [0.1, 0.15) is 23.7 Å². The van der Waals surface area contributed by atoms with Crippen LogP contribution < -0.4 is 5.32 Å². The Balaban J connectivity index is 2.37. The van der Waals surface area contributed by atoms with Gasteiger partial charge < -0.3 is 10.3 Å². The lowest BCUT2D eigenvalue weighted by Gasteiger charge is -2.00. The average molecular weight is 239 g/mol. The average Bonchev–Trinajstić information content (AvgIpc) is 2.68. The second kappa shape index (κ2) is 4.49. The molecule has 0 fully saturated rings. The standard InChI is InChI=1S/C10H11ClN4O/c1-2-3-12-10(16)6-4-13-9-8(6)15-7(11)5-14-9/h4-5H,2-3H2,1H3,(H,12,16)(H,13,14). The van der Waals surface area contributed by atoms with Crippen molar-refractivity contribution >= 4 is 28.7 Å². The number of halogens is 1. The van der Waals surface area contributed by atoms with Crippen LogP contribution in [0.4, 0.5) is 0 Å². The molecule has 2 rings (SSSR count). The molecule has 6 heteroatoms. The number of carbonyl (C=O) groups is 1. The second-order valence-corrected chi connectivity index (χ2v) is 3.74. The molecule has 0 radical (unpaired) electrons. The Kier molecular flexibility index (Phi) is 3.05. The number of aromatic nitrogens is 3. The zero-order valence-electron chi connectivity index (χ0n) is 8.75. The maximum Gasteiger partial charge on any atom is 0.255 e. The van der Waals surface area contributed by atoms with Crippen LogP contribution in [0.15, 0.2) is 12.4 Å². The molecule has 0 unspecified atom stereocenters. The van der Waals surface area contributed by atoms with Crippen LogP contribution in [0.25, 0.3) is 11.2 Å². The van der Waals surface area contributed by atoms with E-state index in [9.17, 15) is 4.79 Å².